The number of hydrogen-bond donors (Lipinski definition) is 2. The van der Waals surface area contributed by atoms with Crippen LogP contribution in [-0.2, 0) is 11.0 Å². The van der Waals surface area contributed by atoms with Crippen LogP contribution in [0, 0.1) is 5.92 Å². The van der Waals surface area contributed by atoms with E-state index in [-0.39, 0.29) is 30.1 Å². The van der Waals surface area contributed by atoms with Crippen molar-refractivity contribution in [2.24, 2.45) is 5.92 Å². The van der Waals surface area contributed by atoms with Crippen LogP contribution in [0.2, 0.25) is 0 Å². The molecule has 8 rings (SSSR count). The Labute approximate surface area is 320 Å². The first-order valence-electron chi connectivity index (χ1n) is 18.8. The predicted octanol–water partition coefficient (Wildman–Crippen LogP) is 6.65. The molecule has 3 fully saturated rings. The summed E-state index contributed by atoms with van der Waals surface area (Å²) in [4.78, 5) is 51.9. The summed E-state index contributed by atoms with van der Waals surface area (Å²) in [5.41, 5.74) is 1.30. The number of hydrogen-bond acceptors (Lipinski definition) is 9. The van der Waals surface area contributed by atoms with Gasteiger partial charge in [0, 0.05) is 85.5 Å². The van der Waals surface area contributed by atoms with Crippen LogP contribution >= 0.6 is 0 Å². The SMILES string of the molecule is COc1cc2nn(C3CCC(CN4CCN(c5cccc6c(N7CCC(=O)NC7=O)cncc56)[C@@H](C)C4)CC3)cc2cc1NC(=O)c1cccc(C(F)(F)F)n1. The number of imide groups is 1. The minimum Gasteiger partial charge on any atom is -0.494 e. The van der Waals surface area contributed by atoms with E-state index in [9.17, 15) is 27.6 Å². The highest BCUT2D eigenvalue weighted by atomic mass is 19.4. The molecule has 2 aliphatic heterocycles. The summed E-state index contributed by atoms with van der Waals surface area (Å²) in [6.07, 6.45) is 5.17. The number of aromatic nitrogens is 4. The first-order valence-corrected chi connectivity index (χ1v) is 18.8. The van der Waals surface area contributed by atoms with Crippen molar-refractivity contribution in [2.75, 3.05) is 55.0 Å². The fourth-order valence-electron chi connectivity index (χ4n) is 8.37. The molecule has 16 heteroatoms. The summed E-state index contributed by atoms with van der Waals surface area (Å²) in [7, 11) is 1.46. The molecule has 292 valence electrons. The van der Waals surface area contributed by atoms with E-state index in [1.165, 1.54) is 13.2 Å². The number of anilines is 3. The number of methoxy groups -OCH3 is 1. The third kappa shape index (κ3) is 7.44. The molecule has 1 aliphatic carbocycles. The monoisotopic (exact) mass is 769 g/mol. The van der Waals surface area contributed by atoms with Gasteiger partial charge in [-0.3, -0.25) is 34.4 Å². The molecule has 5 aromatic rings. The minimum atomic E-state index is -4.67. The number of urea groups is 1. The fraction of sp³-hybridized carbons (Fsp3) is 0.400. The summed E-state index contributed by atoms with van der Waals surface area (Å²) in [5, 5.41) is 12.6. The molecule has 0 spiro atoms. The van der Waals surface area contributed by atoms with E-state index < -0.39 is 23.8 Å². The van der Waals surface area contributed by atoms with E-state index in [0.29, 0.717) is 35.1 Å². The van der Waals surface area contributed by atoms with Crippen LogP contribution in [0.5, 0.6) is 5.75 Å². The molecular formula is C40H42F3N9O4. The maximum atomic E-state index is 13.2. The summed E-state index contributed by atoms with van der Waals surface area (Å²) in [6, 6.07) is 12.8. The number of ether oxygens (including phenoxy) is 1. The molecule has 3 aliphatic rings. The summed E-state index contributed by atoms with van der Waals surface area (Å²) >= 11 is 0. The topological polar surface area (TPSA) is 138 Å². The van der Waals surface area contributed by atoms with Crippen molar-refractivity contribution in [1.29, 1.82) is 0 Å². The number of nitrogens with zero attached hydrogens (tertiary/aromatic N) is 7. The molecule has 2 saturated heterocycles. The second-order valence-corrected chi connectivity index (χ2v) is 14.8. The number of alkyl halides is 3. The van der Waals surface area contributed by atoms with Crippen LogP contribution in [0.15, 0.2) is 67.1 Å². The highest BCUT2D eigenvalue weighted by Gasteiger charge is 2.34. The van der Waals surface area contributed by atoms with Gasteiger partial charge in [-0.1, -0.05) is 18.2 Å². The van der Waals surface area contributed by atoms with Gasteiger partial charge in [0.1, 0.15) is 17.1 Å². The zero-order valence-electron chi connectivity index (χ0n) is 31.1. The van der Waals surface area contributed by atoms with Gasteiger partial charge in [0.05, 0.1) is 36.2 Å². The number of benzene rings is 2. The number of pyridine rings is 2. The molecule has 3 aromatic heterocycles. The Kier molecular flexibility index (Phi) is 9.99. The molecule has 4 amide bonds. The molecule has 2 N–H and O–H groups in total. The van der Waals surface area contributed by atoms with E-state index >= 15 is 0 Å². The van der Waals surface area contributed by atoms with Crippen molar-refractivity contribution >= 4 is 56.6 Å². The molecule has 13 nitrogen and oxygen atoms in total. The predicted molar refractivity (Wildman–Crippen MR) is 205 cm³/mol. The van der Waals surface area contributed by atoms with Crippen molar-refractivity contribution in [3.63, 3.8) is 0 Å². The standard InChI is InChI=1S/C40H42F3N9O4/c1-24-21-49(15-16-50(24)33-7-3-5-28-29(33)19-44-20-34(28)51-14-13-37(53)47-39(51)55)22-25-9-11-27(12-10-25)52-23-26-17-32(35(56-2)18-31(26)48-52)46-38(54)30-6-4-8-36(45-30)40(41,42)43/h3-8,17-20,23-25,27H,9-16,21-22H2,1-2H3,(H,46,54)(H,47,53,55)/t24-,25?,27?/m0/s1. The molecule has 2 aromatic carbocycles. The van der Waals surface area contributed by atoms with Gasteiger partial charge in [-0.05, 0) is 62.8 Å². The zero-order valence-corrected chi connectivity index (χ0v) is 31.1. The number of amides is 4. The smallest absolute Gasteiger partial charge is 0.433 e. The van der Waals surface area contributed by atoms with Gasteiger partial charge >= 0.3 is 12.2 Å². The van der Waals surface area contributed by atoms with Crippen LogP contribution < -0.4 is 25.2 Å². The Morgan fingerprint density at radius 1 is 0.982 bits per heavy atom. The van der Waals surface area contributed by atoms with E-state index in [1.54, 1.807) is 23.2 Å². The quantitative estimate of drug-likeness (QED) is 0.178. The average molecular weight is 770 g/mol. The van der Waals surface area contributed by atoms with Crippen molar-refractivity contribution < 1.29 is 32.3 Å². The third-order valence-electron chi connectivity index (χ3n) is 11.2. The Morgan fingerprint density at radius 2 is 1.79 bits per heavy atom. The van der Waals surface area contributed by atoms with Crippen molar-refractivity contribution in [3.05, 3.63) is 78.5 Å². The number of halogens is 3. The number of carbonyl (C=O) groups is 3. The number of piperazine rings is 1. The van der Waals surface area contributed by atoms with Gasteiger partial charge in [-0.15, -0.1) is 0 Å². The Bertz CT molecular complexity index is 2310. The van der Waals surface area contributed by atoms with Gasteiger partial charge in [-0.25, -0.2) is 9.78 Å². The lowest BCUT2D eigenvalue weighted by Crippen LogP contribution is -2.53. The Balaban J connectivity index is 0.881. The maximum absolute atomic E-state index is 13.2. The van der Waals surface area contributed by atoms with Crippen LogP contribution in [0.4, 0.5) is 35.0 Å². The summed E-state index contributed by atoms with van der Waals surface area (Å²) < 4.78 is 47.0. The van der Waals surface area contributed by atoms with Crippen LogP contribution in [0.25, 0.3) is 21.7 Å². The van der Waals surface area contributed by atoms with E-state index in [4.69, 9.17) is 9.84 Å². The lowest BCUT2D eigenvalue weighted by molar-refractivity contribution is -0.141. The molecule has 5 heterocycles. The highest BCUT2D eigenvalue weighted by molar-refractivity contribution is 6.11. The van der Waals surface area contributed by atoms with Gasteiger partial charge < -0.3 is 15.0 Å². The molecule has 1 saturated carbocycles. The third-order valence-corrected chi connectivity index (χ3v) is 11.2. The highest BCUT2D eigenvalue weighted by Crippen LogP contribution is 2.38. The zero-order chi connectivity index (χ0) is 39.1. The second-order valence-electron chi connectivity index (χ2n) is 14.8. The van der Waals surface area contributed by atoms with Crippen LogP contribution in [-0.4, -0.2) is 88.4 Å². The van der Waals surface area contributed by atoms with Crippen molar-refractivity contribution in [1.82, 2.24) is 30.0 Å². The number of rotatable bonds is 8. The van der Waals surface area contributed by atoms with Gasteiger partial charge in [-0.2, -0.15) is 18.3 Å². The molecule has 0 unspecified atom stereocenters. The maximum Gasteiger partial charge on any atom is 0.433 e. The van der Waals surface area contributed by atoms with E-state index in [0.717, 1.165) is 85.8 Å². The molecular weight excluding hydrogens is 727 g/mol. The Hall–Kier alpha value is -5.77. The lowest BCUT2D eigenvalue weighted by atomic mass is 9.85. The normalized spacial score (nSPS) is 21.1. The first kappa shape index (κ1) is 37.2. The summed E-state index contributed by atoms with van der Waals surface area (Å²) in [5.74, 6) is -0.142. The molecule has 56 heavy (non-hydrogen) atoms. The van der Waals surface area contributed by atoms with E-state index in [1.807, 2.05) is 29.2 Å². The second kappa shape index (κ2) is 15.0. The number of carbonyl (C=O) groups excluding carboxylic acids is 3. The fourth-order valence-corrected chi connectivity index (χ4v) is 8.37. The molecule has 1 atom stereocenters. The number of nitrogens with one attached hydrogen (secondary N) is 2. The van der Waals surface area contributed by atoms with Crippen molar-refractivity contribution in [2.45, 2.75) is 57.3 Å². The summed E-state index contributed by atoms with van der Waals surface area (Å²) in [6.45, 7) is 6.31. The molecule has 0 bridgehead atoms. The minimum absolute atomic E-state index is 0.217. The van der Waals surface area contributed by atoms with Crippen LogP contribution in [0.3, 0.4) is 0 Å². The van der Waals surface area contributed by atoms with Gasteiger partial charge in [0.15, 0.2) is 0 Å². The first-order chi connectivity index (χ1) is 26.9. The average Bonchev–Trinajstić information content (AvgIpc) is 3.60. The number of fused-ring (bicyclic) bond motifs is 2. The largest absolute Gasteiger partial charge is 0.494 e. The van der Waals surface area contributed by atoms with Gasteiger partial charge in [0.2, 0.25) is 5.91 Å². The van der Waals surface area contributed by atoms with Gasteiger partial charge in [0.25, 0.3) is 5.91 Å². The van der Waals surface area contributed by atoms with Crippen molar-refractivity contribution in [3.8, 4) is 5.75 Å². The molecule has 0 radical (unpaired) electrons. The van der Waals surface area contributed by atoms with Crippen LogP contribution in [0.1, 0.15) is 61.3 Å². The van der Waals surface area contributed by atoms with E-state index in [2.05, 4.69) is 43.4 Å². The lowest BCUT2D eigenvalue weighted by Gasteiger charge is -2.43. The Morgan fingerprint density at radius 3 is 2.54 bits per heavy atom.